The molecule has 1 aromatic carbocycles. The zero-order valence-electron chi connectivity index (χ0n) is 13.6. The Bertz CT molecular complexity index is 917. The molecule has 8 heteroatoms. The van der Waals surface area contributed by atoms with Crippen LogP contribution >= 0.6 is 23.6 Å². The molecular weight excluding hydrogens is 359 g/mol. The van der Waals surface area contributed by atoms with Gasteiger partial charge in [0, 0.05) is 32.1 Å². The van der Waals surface area contributed by atoms with E-state index in [4.69, 9.17) is 12.2 Å². The maximum atomic E-state index is 13.7. The molecule has 2 heterocycles. The van der Waals surface area contributed by atoms with Gasteiger partial charge in [-0.15, -0.1) is 11.3 Å². The molecule has 0 fully saturated rings. The summed E-state index contributed by atoms with van der Waals surface area (Å²) >= 11 is 6.82. The second kappa shape index (κ2) is 7.71. The highest BCUT2D eigenvalue weighted by Crippen LogP contribution is 2.23. The minimum Gasteiger partial charge on any atom is -0.341 e. The first-order valence-electron chi connectivity index (χ1n) is 7.72. The Labute approximate surface area is 153 Å². The number of hydrogen-bond acceptors (Lipinski definition) is 4. The fourth-order valence-corrected chi connectivity index (χ4v) is 3.43. The van der Waals surface area contributed by atoms with Crippen LogP contribution in [0.1, 0.15) is 12.0 Å². The monoisotopic (exact) mass is 376 g/mol. The summed E-state index contributed by atoms with van der Waals surface area (Å²) in [6.45, 7) is 0.656. The Hall–Kier alpha value is -2.32. The van der Waals surface area contributed by atoms with Crippen molar-refractivity contribution >= 4 is 29.5 Å². The van der Waals surface area contributed by atoms with E-state index in [1.165, 1.54) is 11.0 Å². The molecule has 0 atom stereocenters. The van der Waals surface area contributed by atoms with E-state index in [-0.39, 0.29) is 24.7 Å². The fourth-order valence-electron chi connectivity index (χ4n) is 2.49. The normalized spacial score (nSPS) is 10.8. The summed E-state index contributed by atoms with van der Waals surface area (Å²) in [5, 5.41) is 8.98. The summed E-state index contributed by atoms with van der Waals surface area (Å²) in [4.78, 5) is 14.9. The van der Waals surface area contributed by atoms with E-state index in [0.29, 0.717) is 16.9 Å². The molecule has 1 amide bonds. The van der Waals surface area contributed by atoms with Crippen LogP contribution in [0, 0.1) is 10.6 Å². The number of halogens is 1. The van der Waals surface area contributed by atoms with Crippen LogP contribution in [0.15, 0.2) is 41.8 Å². The Morgan fingerprint density at radius 1 is 1.36 bits per heavy atom. The molecule has 0 spiro atoms. The summed E-state index contributed by atoms with van der Waals surface area (Å²) in [5.74, 6) is 0.340. The number of amides is 1. The lowest BCUT2D eigenvalue weighted by Crippen LogP contribution is -2.27. The van der Waals surface area contributed by atoms with Crippen molar-refractivity contribution in [3.8, 4) is 10.7 Å². The second-order valence-electron chi connectivity index (χ2n) is 5.57. The van der Waals surface area contributed by atoms with Crippen molar-refractivity contribution in [2.24, 2.45) is 0 Å². The lowest BCUT2D eigenvalue weighted by molar-refractivity contribution is -0.130. The number of thiophene rings is 1. The number of rotatable bonds is 6. The predicted octanol–water partition coefficient (Wildman–Crippen LogP) is 3.86. The van der Waals surface area contributed by atoms with E-state index >= 15 is 0 Å². The summed E-state index contributed by atoms with van der Waals surface area (Å²) in [5.41, 5.74) is 0.498. The van der Waals surface area contributed by atoms with E-state index in [2.05, 4.69) is 10.2 Å². The Morgan fingerprint density at radius 3 is 2.88 bits per heavy atom. The van der Waals surface area contributed by atoms with Crippen LogP contribution in [0.2, 0.25) is 0 Å². The van der Waals surface area contributed by atoms with Gasteiger partial charge in [-0.3, -0.25) is 14.5 Å². The standard InChI is InChI=1S/C17H17FN4OS2/c1-21(11-12-5-2-3-6-13(12)18)15(23)8-9-22-16(19-20-17(22)24)14-7-4-10-25-14/h2-7,10H,8-9,11H2,1H3,(H,20,24). The molecule has 0 unspecified atom stereocenters. The van der Waals surface area contributed by atoms with E-state index in [1.54, 1.807) is 36.6 Å². The first-order valence-corrected chi connectivity index (χ1v) is 9.01. The van der Waals surface area contributed by atoms with Crippen LogP contribution in [-0.4, -0.2) is 32.6 Å². The van der Waals surface area contributed by atoms with Crippen molar-refractivity contribution in [1.82, 2.24) is 19.7 Å². The van der Waals surface area contributed by atoms with E-state index in [9.17, 15) is 9.18 Å². The number of nitrogens with zero attached hydrogens (tertiary/aromatic N) is 3. The van der Waals surface area contributed by atoms with Crippen molar-refractivity contribution < 1.29 is 9.18 Å². The lowest BCUT2D eigenvalue weighted by Gasteiger charge is -2.18. The van der Waals surface area contributed by atoms with Gasteiger partial charge in [0.25, 0.3) is 0 Å². The predicted molar refractivity (Wildman–Crippen MR) is 98.2 cm³/mol. The summed E-state index contributed by atoms with van der Waals surface area (Å²) in [6, 6.07) is 10.4. The van der Waals surface area contributed by atoms with Crippen LogP contribution in [0.4, 0.5) is 4.39 Å². The highest BCUT2D eigenvalue weighted by atomic mass is 32.1. The smallest absolute Gasteiger partial charge is 0.224 e. The maximum absolute atomic E-state index is 13.7. The molecule has 0 saturated heterocycles. The Balaban J connectivity index is 1.66. The molecule has 0 aliphatic heterocycles. The van der Waals surface area contributed by atoms with Crippen LogP contribution in [0.3, 0.4) is 0 Å². The van der Waals surface area contributed by atoms with Gasteiger partial charge < -0.3 is 4.90 Å². The third-order valence-electron chi connectivity index (χ3n) is 3.84. The Morgan fingerprint density at radius 2 is 2.16 bits per heavy atom. The molecule has 0 radical (unpaired) electrons. The average Bonchev–Trinajstić information content (AvgIpc) is 3.24. The highest BCUT2D eigenvalue weighted by Gasteiger charge is 2.14. The fraction of sp³-hybridized carbons (Fsp3) is 0.235. The van der Waals surface area contributed by atoms with Gasteiger partial charge in [-0.05, 0) is 29.7 Å². The van der Waals surface area contributed by atoms with Gasteiger partial charge in [0.2, 0.25) is 5.91 Å². The topological polar surface area (TPSA) is 53.9 Å². The molecule has 0 saturated carbocycles. The number of carbonyl (C=O) groups excluding carboxylic acids is 1. The van der Waals surface area contributed by atoms with Crippen LogP contribution in [0.25, 0.3) is 10.7 Å². The van der Waals surface area contributed by atoms with Crippen molar-refractivity contribution in [1.29, 1.82) is 0 Å². The van der Waals surface area contributed by atoms with Crippen molar-refractivity contribution in [3.05, 3.63) is 57.9 Å². The van der Waals surface area contributed by atoms with Crippen molar-refractivity contribution in [2.45, 2.75) is 19.5 Å². The van der Waals surface area contributed by atoms with E-state index in [1.807, 2.05) is 22.1 Å². The second-order valence-corrected chi connectivity index (χ2v) is 6.91. The van der Waals surface area contributed by atoms with Crippen LogP contribution < -0.4 is 0 Å². The van der Waals surface area contributed by atoms with E-state index < -0.39 is 0 Å². The summed E-state index contributed by atoms with van der Waals surface area (Å²) < 4.78 is 16.0. The third kappa shape index (κ3) is 4.02. The molecule has 0 aliphatic carbocycles. The zero-order valence-corrected chi connectivity index (χ0v) is 15.2. The lowest BCUT2D eigenvalue weighted by atomic mass is 10.2. The summed E-state index contributed by atoms with van der Waals surface area (Å²) in [6.07, 6.45) is 0.261. The molecule has 1 N–H and O–H groups in total. The van der Waals surface area contributed by atoms with Gasteiger partial charge in [0.05, 0.1) is 4.88 Å². The van der Waals surface area contributed by atoms with Gasteiger partial charge in [-0.25, -0.2) is 4.39 Å². The number of nitrogens with one attached hydrogen (secondary N) is 1. The largest absolute Gasteiger partial charge is 0.341 e. The number of aromatic amines is 1. The first-order chi connectivity index (χ1) is 12.1. The van der Waals surface area contributed by atoms with Crippen LogP contribution in [0.5, 0.6) is 0 Å². The zero-order chi connectivity index (χ0) is 17.8. The molecule has 25 heavy (non-hydrogen) atoms. The molecule has 3 aromatic rings. The van der Waals surface area contributed by atoms with Gasteiger partial charge in [0.15, 0.2) is 10.6 Å². The van der Waals surface area contributed by atoms with Gasteiger partial charge in [0.1, 0.15) is 5.82 Å². The number of hydrogen-bond donors (Lipinski definition) is 1. The van der Waals surface area contributed by atoms with Crippen molar-refractivity contribution in [2.75, 3.05) is 7.05 Å². The molecule has 3 rings (SSSR count). The molecule has 130 valence electrons. The number of H-pyrrole nitrogens is 1. The summed E-state index contributed by atoms with van der Waals surface area (Å²) in [7, 11) is 1.67. The van der Waals surface area contributed by atoms with E-state index in [0.717, 1.165) is 10.7 Å². The highest BCUT2D eigenvalue weighted by molar-refractivity contribution is 7.71. The molecular formula is C17H17FN4OS2. The average molecular weight is 376 g/mol. The first kappa shape index (κ1) is 17.5. The minimum absolute atomic E-state index is 0.0801. The van der Waals surface area contributed by atoms with Crippen molar-refractivity contribution in [3.63, 3.8) is 0 Å². The van der Waals surface area contributed by atoms with Crippen LogP contribution in [-0.2, 0) is 17.9 Å². The van der Waals surface area contributed by atoms with Gasteiger partial charge >= 0.3 is 0 Å². The quantitative estimate of drug-likeness (QED) is 0.665. The molecule has 0 bridgehead atoms. The van der Waals surface area contributed by atoms with Gasteiger partial charge in [-0.1, -0.05) is 24.3 Å². The molecule has 0 aliphatic rings. The van der Waals surface area contributed by atoms with Gasteiger partial charge in [-0.2, -0.15) is 5.10 Å². The molecule has 2 aromatic heterocycles. The molecule has 5 nitrogen and oxygen atoms in total. The Kier molecular flexibility index (Phi) is 5.40. The SMILES string of the molecule is CN(Cc1ccccc1F)C(=O)CCn1c(-c2cccs2)n[nH]c1=S. The maximum Gasteiger partial charge on any atom is 0.224 e. The number of carbonyl (C=O) groups is 1. The third-order valence-corrected chi connectivity index (χ3v) is 5.02. The minimum atomic E-state index is -0.306. The number of aromatic nitrogens is 3. The number of benzene rings is 1.